The van der Waals surface area contributed by atoms with Crippen molar-refractivity contribution >= 4 is 29.9 Å². The number of aliphatic hydroxyl groups excluding tert-OH is 1. The Bertz CT molecular complexity index is 697. The summed E-state index contributed by atoms with van der Waals surface area (Å²) in [7, 11) is 3.21. The van der Waals surface area contributed by atoms with Crippen LogP contribution in [0, 0.1) is 5.92 Å². The largest absolute Gasteiger partial charge is 0.493 e. The van der Waals surface area contributed by atoms with Crippen molar-refractivity contribution < 1.29 is 14.6 Å². The van der Waals surface area contributed by atoms with Crippen molar-refractivity contribution in [3.63, 3.8) is 0 Å². The van der Waals surface area contributed by atoms with E-state index in [0.29, 0.717) is 24.0 Å². The van der Waals surface area contributed by atoms with E-state index < -0.39 is 6.10 Å². The lowest BCUT2D eigenvalue weighted by molar-refractivity contribution is 0.185. The van der Waals surface area contributed by atoms with Crippen LogP contribution in [-0.4, -0.2) is 80.9 Å². The Labute approximate surface area is 204 Å². The molecule has 0 bridgehead atoms. The fourth-order valence-corrected chi connectivity index (χ4v) is 4.45. The van der Waals surface area contributed by atoms with Crippen molar-refractivity contribution in [2.75, 3.05) is 60.0 Å². The van der Waals surface area contributed by atoms with Gasteiger partial charge in [-0.25, -0.2) is 0 Å². The van der Waals surface area contributed by atoms with Gasteiger partial charge >= 0.3 is 0 Å². The van der Waals surface area contributed by atoms with E-state index >= 15 is 0 Å². The molecule has 31 heavy (non-hydrogen) atoms. The van der Waals surface area contributed by atoms with E-state index in [4.69, 9.17) is 14.5 Å². The minimum Gasteiger partial charge on any atom is -0.493 e. The molecule has 8 heteroatoms. The van der Waals surface area contributed by atoms with Gasteiger partial charge in [0.25, 0.3) is 0 Å². The molecule has 176 valence electrons. The lowest BCUT2D eigenvalue weighted by Crippen LogP contribution is -2.41. The zero-order valence-electron chi connectivity index (χ0n) is 19.2. The summed E-state index contributed by atoms with van der Waals surface area (Å²) in [4.78, 5) is 9.72. The number of methoxy groups -OCH3 is 2. The molecule has 7 nitrogen and oxygen atoms in total. The van der Waals surface area contributed by atoms with Crippen molar-refractivity contribution in [2.45, 2.75) is 38.7 Å². The van der Waals surface area contributed by atoms with Crippen LogP contribution in [0.1, 0.15) is 44.3 Å². The summed E-state index contributed by atoms with van der Waals surface area (Å²) in [6, 6.07) is 5.49. The third-order valence-electron chi connectivity index (χ3n) is 6.09. The van der Waals surface area contributed by atoms with Gasteiger partial charge in [0, 0.05) is 26.2 Å². The van der Waals surface area contributed by atoms with Gasteiger partial charge in [0.05, 0.1) is 26.9 Å². The van der Waals surface area contributed by atoms with Gasteiger partial charge in [-0.1, -0.05) is 12.5 Å². The average molecular weight is 546 g/mol. The molecule has 2 aliphatic heterocycles. The van der Waals surface area contributed by atoms with Crippen molar-refractivity contribution in [3.05, 3.63) is 23.8 Å². The van der Waals surface area contributed by atoms with Gasteiger partial charge in [-0.05, 0) is 62.9 Å². The molecule has 2 atom stereocenters. The molecule has 2 heterocycles. The molecule has 2 aliphatic rings. The molecule has 0 spiro atoms. The van der Waals surface area contributed by atoms with E-state index in [2.05, 4.69) is 22.0 Å². The number of likely N-dealkylation sites (tertiary alicyclic amines) is 2. The molecule has 2 fully saturated rings. The van der Waals surface area contributed by atoms with Crippen molar-refractivity contribution in [2.24, 2.45) is 10.9 Å². The number of nitrogens with one attached hydrogen (secondary N) is 1. The van der Waals surface area contributed by atoms with Crippen LogP contribution in [0.5, 0.6) is 11.5 Å². The Balaban J connectivity index is 0.00000341. The van der Waals surface area contributed by atoms with Crippen LogP contribution in [0.3, 0.4) is 0 Å². The first-order chi connectivity index (χ1) is 14.6. The topological polar surface area (TPSA) is 69.6 Å². The highest BCUT2D eigenvalue weighted by atomic mass is 127. The number of piperidine rings is 1. The van der Waals surface area contributed by atoms with Crippen molar-refractivity contribution in [3.8, 4) is 11.5 Å². The van der Waals surface area contributed by atoms with Crippen LogP contribution in [0.2, 0.25) is 0 Å². The molecule has 0 radical (unpaired) electrons. The standard InChI is InChI=1S/C23H38N4O3.HI/c1-4-24-23(27-13-10-18(17-27)16-26-11-6-5-7-12-26)25-15-20(28)19-8-9-21(29-2)22(14-19)30-3;/h8-9,14,18,20,28H,4-7,10-13,15-17H2,1-3H3,(H,24,25);1H. The third kappa shape index (κ3) is 7.39. The maximum atomic E-state index is 10.7. The summed E-state index contributed by atoms with van der Waals surface area (Å²) in [5.41, 5.74) is 0.775. The van der Waals surface area contributed by atoms with Crippen LogP contribution in [0.4, 0.5) is 0 Å². The predicted octanol–water partition coefficient (Wildman–Crippen LogP) is 3.13. The molecular formula is C23H39IN4O3. The van der Waals surface area contributed by atoms with Gasteiger partial charge in [0.15, 0.2) is 17.5 Å². The molecule has 3 rings (SSSR count). The van der Waals surface area contributed by atoms with Gasteiger partial charge in [-0.15, -0.1) is 24.0 Å². The Kier molecular flexibility index (Phi) is 11.2. The lowest BCUT2D eigenvalue weighted by Gasteiger charge is -2.29. The Morgan fingerprint density at radius 3 is 2.58 bits per heavy atom. The lowest BCUT2D eigenvalue weighted by atomic mass is 10.1. The predicted molar refractivity (Wildman–Crippen MR) is 136 cm³/mol. The number of benzene rings is 1. The molecule has 1 aromatic carbocycles. The van der Waals surface area contributed by atoms with Crippen molar-refractivity contribution in [1.29, 1.82) is 0 Å². The maximum Gasteiger partial charge on any atom is 0.194 e. The summed E-state index contributed by atoms with van der Waals surface area (Å²) in [5, 5.41) is 14.1. The molecule has 1 aromatic rings. The summed E-state index contributed by atoms with van der Waals surface area (Å²) < 4.78 is 10.6. The number of aliphatic imine (C=N–C) groups is 1. The number of nitrogens with zero attached hydrogens (tertiary/aromatic N) is 3. The number of hydrogen-bond acceptors (Lipinski definition) is 5. The second kappa shape index (κ2) is 13.3. The summed E-state index contributed by atoms with van der Waals surface area (Å²) in [6.45, 7) is 8.98. The van der Waals surface area contributed by atoms with Crippen LogP contribution < -0.4 is 14.8 Å². The molecule has 0 saturated carbocycles. The second-order valence-electron chi connectivity index (χ2n) is 8.29. The van der Waals surface area contributed by atoms with E-state index in [1.54, 1.807) is 14.2 Å². The van der Waals surface area contributed by atoms with E-state index in [9.17, 15) is 5.11 Å². The summed E-state index contributed by atoms with van der Waals surface area (Å²) >= 11 is 0. The molecule has 0 aliphatic carbocycles. The fourth-order valence-electron chi connectivity index (χ4n) is 4.45. The number of hydrogen-bond donors (Lipinski definition) is 2. The SMILES string of the molecule is CCNC(=NCC(O)c1ccc(OC)c(OC)c1)N1CCC(CN2CCCCC2)C1.I. The minimum absolute atomic E-state index is 0. The van der Waals surface area contributed by atoms with Crippen LogP contribution in [-0.2, 0) is 0 Å². The number of rotatable bonds is 8. The Hall–Kier alpha value is -1.26. The number of halogens is 1. The van der Waals surface area contributed by atoms with Crippen LogP contribution in [0.15, 0.2) is 23.2 Å². The second-order valence-corrected chi connectivity index (χ2v) is 8.29. The zero-order chi connectivity index (χ0) is 21.3. The zero-order valence-corrected chi connectivity index (χ0v) is 21.5. The third-order valence-corrected chi connectivity index (χ3v) is 6.09. The summed E-state index contributed by atoms with van der Waals surface area (Å²) in [6.07, 6.45) is 4.58. The molecule has 2 N–H and O–H groups in total. The highest BCUT2D eigenvalue weighted by molar-refractivity contribution is 14.0. The first-order valence-corrected chi connectivity index (χ1v) is 11.3. The van der Waals surface area contributed by atoms with Gasteiger partial charge in [-0.2, -0.15) is 0 Å². The summed E-state index contributed by atoms with van der Waals surface area (Å²) in [5.74, 6) is 2.87. The Morgan fingerprint density at radius 1 is 1.16 bits per heavy atom. The maximum absolute atomic E-state index is 10.7. The molecular weight excluding hydrogens is 507 g/mol. The molecule has 0 aromatic heterocycles. The fraction of sp³-hybridized carbons (Fsp3) is 0.696. The van der Waals surface area contributed by atoms with E-state index in [0.717, 1.165) is 31.2 Å². The Morgan fingerprint density at radius 2 is 1.90 bits per heavy atom. The van der Waals surface area contributed by atoms with Gasteiger partial charge in [-0.3, -0.25) is 4.99 Å². The van der Waals surface area contributed by atoms with E-state index in [1.807, 2.05) is 18.2 Å². The first kappa shape index (κ1) is 26.0. The van der Waals surface area contributed by atoms with Crippen LogP contribution >= 0.6 is 24.0 Å². The van der Waals surface area contributed by atoms with Gasteiger partial charge in [0.2, 0.25) is 0 Å². The highest BCUT2D eigenvalue weighted by Crippen LogP contribution is 2.30. The van der Waals surface area contributed by atoms with Crippen LogP contribution in [0.25, 0.3) is 0 Å². The minimum atomic E-state index is -0.690. The quantitative estimate of drug-likeness (QED) is 0.297. The number of guanidine groups is 1. The van der Waals surface area contributed by atoms with E-state index in [1.165, 1.54) is 45.3 Å². The van der Waals surface area contributed by atoms with E-state index in [-0.39, 0.29) is 24.0 Å². The number of aliphatic hydroxyl groups is 1. The van der Waals surface area contributed by atoms with Crippen molar-refractivity contribution in [1.82, 2.24) is 15.1 Å². The first-order valence-electron chi connectivity index (χ1n) is 11.3. The molecule has 2 unspecified atom stereocenters. The molecule has 0 amide bonds. The monoisotopic (exact) mass is 546 g/mol. The normalized spacial score (nSPS) is 20.8. The number of ether oxygens (including phenoxy) is 2. The van der Waals surface area contributed by atoms with Gasteiger partial charge in [0.1, 0.15) is 0 Å². The van der Waals surface area contributed by atoms with Gasteiger partial charge < -0.3 is 29.7 Å². The highest BCUT2D eigenvalue weighted by Gasteiger charge is 2.27. The smallest absolute Gasteiger partial charge is 0.194 e. The molecule has 2 saturated heterocycles. The average Bonchev–Trinajstić information content (AvgIpc) is 3.24.